The van der Waals surface area contributed by atoms with Crippen molar-refractivity contribution in [1.82, 2.24) is 24.8 Å². The van der Waals surface area contributed by atoms with Crippen LogP contribution in [-0.4, -0.2) is 78.5 Å². The number of nitrogens with zero attached hydrogens (tertiary/aromatic N) is 5. The van der Waals surface area contributed by atoms with Crippen LogP contribution in [-0.2, 0) is 34.5 Å². The number of alkyl halides is 2. The van der Waals surface area contributed by atoms with E-state index in [2.05, 4.69) is 10.3 Å². The quantitative estimate of drug-likeness (QED) is 0.448. The molecule has 4 aliphatic rings. The summed E-state index contributed by atoms with van der Waals surface area (Å²) in [7, 11) is 1.37. The Balaban J connectivity index is 1.39. The first kappa shape index (κ1) is 30.7. The molecule has 2 aliphatic heterocycles. The van der Waals surface area contributed by atoms with E-state index in [0.717, 1.165) is 17.5 Å². The van der Waals surface area contributed by atoms with E-state index < -0.39 is 41.8 Å². The number of carbonyl (C=O) groups excluding carboxylic acids is 2. The molecule has 1 spiro atoms. The first-order valence-electron chi connectivity index (χ1n) is 14.9. The number of aliphatic carboxylic acids is 1. The van der Waals surface area contributed by atoms with Gasteiger partial charge in [0.25, 0.3) is 6.43 Å². The average Bonchev–Trinajstić information content (AvgIpc) is 3.51. The number of aromatic nitrogens is 3. The third kappa shape index (κ3) is 5.31. The molecular formula is C30H36ClF2N5O6. The highest BCUT2D eigenvalue weighted by Crippen LogP contribution is 2.54. The summed E-state index contributed by atoms with van der Waals surface area (Å²) in [4.78, 5) is 43.4. The zero-order valence-electron chi connectivity index (χ0n) is 24.6. The third-order valence-corrected chi connectivity index (χ3v) is 10.5. The number of hydrogen-bond donors (Lipinski definition) is 2. The van der Waals surface area contributed by atoms with Gasteiger partial charge in [-0.05, 0) is 68.6 Å². The van der Waals surface area contributed by atoms with Crippen molar-refractivity contribution in [3.63, 3.8) is 0 Å². The van der Waals surface area contributed by atoms with Crippen LogP contribution in [0.3, 0.4) is 0 Å². The summed E-state index contributed by atoms with van der Waals surface area (Å²) in [6.07, 6.45) is -0.517. The number of carboxylic acids is 1. The number of benzene rings is 1. The lowest BCUT2D eigenvalue weighted by Gasteiger charge is -2.46. The van der Waals surface area contributed by atoms with Crippen molar-refractivity contribution in [2.24, 2.45) is 23.8 Å². The van der Waals surface area contributed by atoms with E-state index in [1.165, 1.54) is 7.05 Å². The molecule has 1 unspecified atom stereocenters. The number of hydrogen-bond acceptors (Lipinski definition) is 7. The molecule has 0 radical (unpaired) electrons. The van der Waals surface area contributed by atoms with Crippen LogP contribution in [0.4, 0.5) is 8.78 Å². The molecule has 2 aliphatic carbocycles. The van der Waals surface area contributed by atoms with Gasteiger partial charge in [0.2, 0.25) is 11.8 Å². The van der Waals surface area contributed by atoms with E-state index in [1.54, 1.807) is 28.9 Å². The number of ether oxygens (including phenoxy) is 1. The van der Waals surface area contributed by atoms with Crippen molar-refractivity contribution < 1.29 is 38.1 Å². The zero-order chi connectivity index (χ0) is 31.6. The lowest BCUT2D eigenvalue weighted by molar-refractivity contribution is -0.165. The lowest BCUT2D eigenvalue weighted by Crippen LogP contribution is -2.54. The van der Waals surface area contributed by atoms with Gasteiger partial charge in [-0.15, -0.1) is 5.10 Å². The molecule has 1 aromatic heterocycles. The van der Waals surface area contributed by atoms with Crippen molar-refractivity contribution in [2.45, 2.75) is 77.0 Å². The van der Waals surface area contributed by atoms with Crippen LogP contribution < -0.4 is 4.74 Å². The molecule has 14 heteroatoms. The first-order valence-corrected chi connectivity index (χ1v) is 15.3. The van der Waals surface area contributed by atoms with Crippen LogP contribution in [0.1, 0.15) is 80.4 Å². The molecule has 238 valence electrons. The van der Waals surface area contributed by atoms with E-state index in [0.29, 0.717) is 41.3 Å². The van der Waals surface area contributed by atoms with Gasteiger partial charge < -0.3 is 24.7 Å². The van der Waals surface area contributed by atoms with Gasteiger partial charge in [0.1, 0.15) is 23.7 Å². The molecule has 2 saturated carbocycles. The van der Waals surface area contributed by atoms with Crippen LogP contribution in [0.15, 0.2) is 12.1 Å². The fraction of sp³-hybridized carbons (Fsp3) is 0.633. The van der Waals surface area contributed by atoms with Crippen LogP contribution in [0.25, 0.3) is 0 Å². The number of carbonyl (C=O) groups is 3. The fourth-order valence-electron chi connectivity index (χ4n) is 7.27. The van der Waals surface area contributed by atoms with Gasteiger partial charge in [0.15, 0.2) is 0 Å². The maximum Gasteiger partial charge on any atom is 0.310 e. The lowest BCUT2D eigenvalue weighted by atomic mass is 9.65. The summed E-state index contributed by atoms with van der Waals surface area (Å²) in [5, 5.41) is 28.6. The standard InChI is InChI=1S/C30H36ClF2N5O6/c1-29(28(42)43)7-5-16(39)11-18(29)27(41)38-10-6-17-19(31)3-4-22(44-14-20-25(26(32)33)36(2)35-34-20)24(17)21(38)13-37-15-30(8-9-30)12-23(37)40/h3-4,16,18,21,26,39H,5-15H2,1-2H3,(H,42,43)/t16-,18+,21?,29+/m1/s1. The Hall–Kier alpha value is -3.32. The monoisotopic (exact) mass is 635 g/mol. The molecule has 0 bridgehead atoms. The van der Waals surface area contributed by atoms with Crippen molar-refractivity contribution >= 4 is 29.4 Å². The Kier molecular flexibility index (Phi) is 7.84. The molecule has 2 aromatic rings. The van der Waals surface area contributed by atoms with E-state index in [9.17, 15) is 33.4 Å². The van der Waals surface area contributed by atoms with E-state index in [1.807, 2.05) is 0 Å². The maximum absolute atomic E-state index is 14.4. The number of likely N-dealkylation sites (tertiary alicyclic amines) is 1. The first-order chi connectivity index (χ1) is 20.8. The number of halogens is 3. The van der Waals surface area contributed by atoms with Crippen molar-refractivity contribution in [1.29, 1.82) is 0 Å². The normalized spacial score (nSPS) is 27.6. The summed E-state index contributed by atoms with van der Waals surface area (Å²) in [6, 6.07) is 2.51. The van der Waals surface area contributed by atoms with Crippen molar-refractivity contribution in [3.05, 3.63) is 39.7 Å². The number of aliphatic hydroxyl groups is 1. The summed E-state index contributed by atoms with van der Waals surface area (Å²) in [5.41, 5.74) is -0.563. The predicted octanol–water partition coefficient (Wildman–Crippen LogP) is 3.68. The molecule has 2 N–H and O–H groups in total. The third-order valence-electron chi connectivity index (χ3n) is 10.2. The molecule has 3 heterocycles. The second-order valence-corrected chi connectivity index (χ2v) is 13.4. The number of fused-ring (bicyclic) bond motifs is 1. The Morgan fingerprint density at radius 1 is 1.25 bits per heavy atom. The molecule has 6 rings (SSSR count). The summed E-state index contributed by atoms with van der Waals surface area (Å²) in [6.45, 7) is 2.14. The topological polar surface area (TPSA) is 138 Å². The van der Waals surface area contributed by atoms with Gasteiger partial charge in [-0.25, -0.2) is 13.5 Å². The van der Waals surface area contributed by atoms with Gasteiger partial charge >= 0.3 is 5.97 Å². The highest BCUT2D eigenvalue weighted by molar-refractivity contribution is 6.31. The molecule has 4 atom stereocenters. The summed E-state index contributed by atoms with van der Waals surface area (Å²) in [5.74, 6) is -2.23. The van der Waals surface area contributed by atoms with Gasteiger partial charge in [-0.2, -0.15) is 0 Å². The molecular weight excluding hydrogens is 600 g/mol. The van der Waals surface area contributed by atoms with E-state index >= 15 is 0 Å². The Bertz CT molecular complexity index is 1500. The minimum atomic E-state index is -2.82. The summed E-state index contributed by atoms with van der Waals surface area (Å²) < 4.78 is 34.5. The molecule has 11 nitrogen and oxygen atoms in total. The predicted molar refractivity (Wildman–Crippen MR) is 152 cm³/mol. The van der Waals surface area contributed by atoms with Gasteiger partial charge in [0, 0.05) is 43.7 Å². The Labute approximate surface area is 258 Å². The van der Waals surface area contributed by atoms with Gasteiger partial charge in [-0.3, -0.25) is 14.4 Å². The number of aryl methyl sites for hydroxylation is 1. The van der Waals surface area contributed by atoms with Crippen LogP contribution in [0.2, 0.25) is 5.02 Å². The molecule has 2 amide bonds. The van der Waals surface area contributed by atoms with Gasteiger partial charge in [0.05, 0.1) is 23.5 Å². The van der Waals surface area contributed by atoms with Crippen LogP contribution in [0, 0.1) is 16.7 Å². The van der Waals surface area contributed by atoms with Crippen LogP contribution >= 0.6 is 11.6 Å². The smallest absolute Gasteiger partial charge is 0.310 e. The molecule has 1 aromatic carbocycles. The Morgan fingerprint density at radius 2 is 2.00 bits per heavy atom. The summed E-state index contributed by atoms with van der Waals surface area (Å²) >= 11 is 6.67. The minimum absolute atomic E-state index is 0.00541. The molecule has 1 saturated heterocycles. The average molecular weight is 636 g/mol. The number of aliphatic hydroxyl groups excluding tert-OH is 1. The maximum atomic E-state index is 14.4. The SMILES string of the molecule is Cn1nnc(COc2ccc(Cl)c3c2C(CN2CC4(CC4)CC2=O)N(C(=O)[C@@H]2C[C@H](O)CC[C@]2(C)C(=O)O)CC3)c1C(F)F. The largest absolute Gasteiger partial charge is 0.487 e. The highest BCUT2D eigenvalue weighted by Gasteiger charge is 2.54. The second kappa shape index (κ2) is 11.2. The highest BCUT2D eigenvalue weighted by atomic mass is 35.5. The Morgan fingerprint density at radius 3 is 2.66 bits per heavy atom. The van der Waals surface area contributed by atoms with E-state index in [4.69, 9.17) is 16.3 Å². The zero-order valence-corrected chi connectivity index (χ0v) is 25.4. The minimum Gasteiger partial charge on any atom is -0.487 e. The fourth-order valence-corrected chi connectivity index (χ4v) is 7.53. The van der Waals surface area contributed by atoms with Gasteiger partial charge in [-0.1, -0.05) is 16.8 Å². The van der Waals surface area contributed by atoms with Crippen LogP contribution in [0.5, 0.6) is 5.75 Å². The molecule has 3 fully saturated rings. The van der Waals surface area contributed by atoms with Crippen molar-refractivity contribution in [3.8, 4) is 5.75 Å². The second-order valence-electron chi connectivity index (χ2n) is 13.0. The number of rotatable bonds is 8. The molecule has 44 heavy (non-hydrogen) atoms. The van der Waals surface area contributed by atoms with E-state index in [-0.39, 0.29) is 61.7 Å². The number of amides is 2. The number of carboxylic acid groups (broad SMARTS) is 1. The van der Waals surface area contributed by atoms with Crippen molar-refractivity contribution in [2.75, 3.05) is 19.6 Å².